The van der Waals surface area contributed by atoms with Gasteiger partial charge >= 0.3 is 5.97 Å². The maximum atomic E-state index is 13.0. The SMILES string of the molecule is CC1COc2c(N3CCNCC3)c3[nH]cnc3c3c(=O)c(C(=O)O)cn1c23. The van der Waals surface area contributed by atoms with Crippen molar-refractivity contribution in [2.24, 2.45) is 0 Å². The van der Waals surface area contributed by atoms with Gasteiger partial charge in [-0.2, -0.15) is 0 Å². The quantitative estimate of drug-likeness (QED) is 0.616. The second kappa shape index (κ2) is 5.71. The average Bonchev–Trinajstić information content (AvgIpc) is 3.14. The topological polar surface area (TPSA) is 112 Å². The molecular weight excluding hydrogens is 350 g/mol. The molecule has 1 unspecified atom stereocenters. The highest BCUT2D eigenvalue weighted by molar-refractivity contribution is 6.14. The number of nitrogens with zero attached hydrogens (tertiary/aromatic N) is 3. The Labute approximate surface area is 153 Å². The van der Waals surface area contributed by atoms with Gasteiger partial charge in [0, 0.05) is 32.4 Å². The molecule has 1 aromatic carbocycles. The first-order valence-electron chi connectivity index (χ1n) is 8.97. The van der Waals surface area contributed by atoms with Crippen LogP contribution in [0.15, 0.2) is 17.3 Å². The molecule has 0 spiro atoms. The number of nitrogens with one attached hydrogen (secondary N) is 2. The molecule has 1 fully saturated rings. The number of rotatable bonds is 2. The number of carboxylic acid groups (broad SMARTS) is 1. The predicted octanol–water partition coefficient (Wildman–Crippen LogP) is 0.939. The monoisotopic (exact) mass is 369 g/mol. The lowest BCUT2D eigenvalue weighted by atomic mass is 10.0. The summed E-state index contributed by atoms with van der Waals surface area (Å²) in [5.41, 5.74) is 1.93. The van der Waals surface area contributed by atoms with Crippen LogP contribution in [0.3, 0.4) is 0 Å². The fourth-order valence-electron chi connectivity index (χ4n) is 4.09. The highest BCUT2D eigenvalue weighted by atomic mass is 16.5. The van der Waals surface area contributed by atoms with Gasteiger partial charge in [-0.3, -0.25) is 4.79 Å². The van der Waals surface area contributed by atoms with E-state index in [-0.39, 0.29) is 11.6 Å². The Kier molecular flexibility index (Phi) is 3.41. The summed E-state index contributed by atoms with van der Waals surface area (Å²) in [4.78, 5) is 34.4. The van der Waals surface area contributed by atoms with Crippen molar-refractivity contribution in [3.05, 3.63) is 28.3 Å². The zero-order chi connectivity index (χ0) is 18.7. The summed E-state index contributed by atoms with van der Waals surface area (Å²) < 4.78 is 7.95. The maximum absolute atomic E-state index is 13.0. The molecule has 0 amide bonds. The Bertz CT molecular complexity index is 1140. The van der Waals surface area contributed by atoms with Crippen molar-refractivity contribution >= 4 is 33.6 Å². The van der Waals surface area contributed by atoms with Crippen LogP contribution >= 0.6 is 0 Å². The van der Waals surface area contributed by atoms with Crippen LogP contribution in [0, 0.1) is 0 Å². The number of anilines is 1. The second-order valence-corrected chi connectivity index (χ2v) is 7.01. The Morgan fingerprint density at radius 3 is 2.89 bits per heavy atom. The number of aromatic carboxylic acids is 1. The molecule has 0 saturated carbocycles. The van der Waals surface area contributed by atoms with E-state index < -0.39 is 11.4 Å². The number of imidazole rings is 1. The first kappa shape index (κ1) is 16.1. The largest absolute Gasteiger partial charge is 0.487 e. The highest BCUT2D eigenvalue weighted by Gasteiger charge is 2.31. The molecule has 1 saturated heterocycles. The molecule has 9 heteroatoms. The van der Waals surface area contributed by atoms with Crippen LogP contribution in [0.2, 0.25) is 0 Å². The molecule has 140 valence electrons. The predicted molar refractivity (Wildman–Crippen MR) is 100 cm³/mol. The summed E-state index contributed by atoms with van der Waals surface area (Å²) in [5, 5.41) is 13.1. The van der Waals surface area contributed by atoms with E-state index in [1.54, 1.807) is 0 Å². The second-order valence-electron chi connectivity index (χ2n) is 7.01. The molecule has 0 bridgehead atoms. The fourth-order valence-corrected chi connectivity index (χ4v) is 4.09. The number of benzene rings is 1. The molecule has 1 atom stereocenters. The van der Waals surface area contributed by atoms with Crippen molar-refractivity contribution in [3.8, 4) is 5.75 Å². The van der Waals surface area contributed by atoms with E-state index in [2.05, 4.69) is 20.2 Å². The summed E-state index contributed by atoms with van der Waals surface area (Å²) in [5.74, 6) is -0.614. The molecule has 4 heterocycles. The van der Waals surface area contributed by atoms with Crippen LogP contribution in [0.5, 0.6) is 5.75 Å². The molecule has 3 aromatic rings. The van der Waals surface area contributed by atoms with Crippen LogP contribution < -0.4 is 20.4 Å². The Balaban J connectivity index is 1.97. The number of hydrogen-bond acceptors (Lipinski definition) is 6. The average molecular weight is 369 g/mol. The van der Waals surface area contributed by atoms with E-state index in [0.717, 1.165) is 31.9 Å². The molecule has 2 aliphatic rings. The molecule has 2 aromatic heterocycles. The number of pyridine rings is 1. The minimum Gasteiger partial charge on any atom is -0.487 e. The number of carbonyl (C=O) groups is 1. The Morgan fingerprint density at radius 1 is 1.37 bits per heavy atom. The van der Waals surface area contributed by atoms with Gasteiger partial charge in [-0.05, 0) is 6.92 Å². The van der Waals surface area contributed by atoms with Crippen LogP contribution in [-0.2, 0) is 0 Å². The number of piperazine rings is 1. The summed E-state index contributed by atoms with van der Waals surface area (Å²) in [6, 6.07) is -0.0917. The fraction of sp³-hybridized carbons (Fsp3) is 0.389. The lowest BCUT2D eigenvalue weighted by Gasteiger charge is -2.34. The van der Waals surface area contributed by atoms with Gasteiger partial charge in [-0.25, -0.2) is 9.78 Å². The van der Waals surface area contributed by atoms with Gasteiger partial charge in [-0.15, -0.1) is 0 Å². The minimum atomic E-state index is -1.24. The van der Waals surface area contributed by atoms with E-state index in [9.17, 15) is 14.7 Å². The van der Waals surface area contributed by atoms with Crippen molar-refractivity contribution in [3.63, 3.8) is 0 Å². The van der Waals surface area contributed by atoms with Gasteiger partial charge in [0.2, 0.25) is 5.43 Å². The van der Waals surface area contributed by atoms with Crippen LogP contribution in [0.25, 0.3) is 21.9 Å². The van der Waals surface area contributed by atoms with Gasteiger partial charge in [0.25, 0.3) is 0 Å². The third-order valence-corrected chi connectivity index (χ3v) is 5.39. The third-order valence-electron chi connectivity index (χ3n) is 5.39. The van der Waals surface area contributed by atoms with Gasteiger partial charge in [0.1, 0.15) is 23.4 Å². The molecule has 5 rings (SSSR count). The number of aromatic amines is 1. The number of H-pyrrole nitrogens is 1. The highest BCUT2D eigenvalue weighted by Crippen LogP contribution is 2.44. The lowest BCUT2D eigenvalue weighted by molar-refractivity contribution is 0.0694. The zero-order valence-corrected chi connectivity index (χ0v) is 14.8. The normalized spacial score (nSPS) is 19.4. The molecule has 0 aliphatic carbocycles. The number of carboxylic acids is 1. The standard InChI is InChI=1S/C18H19N5O4/c1-9-7-27-17-14-11(16(24)10(18(25)26)6-23(9)14)12-13(21-8-20-12)15(17)22-4-2-19-3-5-22/h6,8-9,19H,2-5,7H2,1H3,(H,20,21)(H,25,26). The van der Waals surface area contributed by atoms with Crippen molar-refractivity contribution in [1.82, 2.24) is 19.9 Å². The van der Waals surface area contributed by atoms with Crippen molar-refractivity contribution < 1.29 is 14.6 Å². The van der Waals surface area contributed by atoms with Crippen LogP contribution in [-0.4, -0.2) is 58.4 Å². The van der Waals surface area contributed by atoms with Crippen molar-refractivity contribution in [2.75, 3.05) is 37.7 Å². The first-order valence-corrected chi connectivity index (χ1v) is 8.97. The van der Waals surface area contributed by atoms with E-state index in [1.807, 2.05) is 11.5 Å². The first-order chi connectivity index (χ1) is 13.1. The summed E-state index contributed by atoms with van der Waals surface area (Å²) in [7, 11) is 0. The van der Waals surface area contributed by atoms with Crippen LogP contribution in [0.1, 0.15) is 23.3 Å². The molecule has 3 N–H and O–H groups in total. The number of aromatic nitrogens is 3. The third kappa shape index (κ3) is 2.18. The molecule has 2 aliphatic heterocycles. The molecule has 27 heavy (non-hydrogen) atoms. The van der Waals surface area contributed by atoms with E-state index >= 15 is 0 Å². The van der Waals surface area contributed by atoms with Gasteiger partial charge in [0.05, 0.1) is 28.8 Å². The summed E-state index contributed by atoms with van der Waals surface area (Å²) in [6.45, 7) is 5.68. The van der Waals surface area contributed by atoms with Crippen molar-refractivity contribution in [2.45, 2.75) is 13.0 Å². The van der Waals surface area contributed by atoms with Gasteiger partial charge < -0.3 is 29.6 Å². The number of fused-ring (bicyclic) bond motifs is 2. The van der Waals surface area contributed by atoms with E-state index in [1.165, 1.54) is 12.5 Å². The van der Waals surface area contributed by atoms with E-state index in [4.69, 9.17) is 4.74 Å². The molecular formula is C18H19N5O4. The van der Waals surface area contributed by atoms with Gasteiger partial charge in [-0.1, -0.05) is 0 Å². The Morgan fingerprint density at radius 2 is 2.15 bits per heavy atom. The summed E-state index contributed by atoms with van der Waals surface area (Å²) >= 11 is 0. The van der Waals surface area contributed by atoms with E-state index in [0.29, 0.717) is 34.3 Å². The molecule has 0 radical (unpaired) electrons. The zero-order valence-electron chi connectivity index (χ0n) is 14.8. The van der Waals surface area contributed by atoms with Crippen molar-refractivity contribution in [1.29, 1.82) is 0 Å². The smallest absolute Gasteiger partial charge is 0.341 e. The van der Waals surface area contributed by atoms with Gasteiger partial charge in [0.15, 0.2) is 5.75 Å². The minimum absolute atomic E-state index is 0.0917. The lowest BCUT2D eigenvalue weighted by Crippen LogP contribution is -2.44. The number of hydrogen-bond donors (Lipinski definition) is 3. The summed E-state index contributed by atoms with van der Waals surface area (Å²) in [6.07, 6.45) is 2.97. The Hall–Kier alpha value is -3.07. The molecule has 9 nitrogen and oxygen atoms in total. The maximum Gasteiger partial charge on any atom is 0.341 e. The van der Waals surface area contributed by atoms with Crippen LogP contribution in [0.4, 0.5) is 5.69 Å². The number of ether oxygens (including phenoxy) is 1.